The number of rotatable bonds is 3. The topological polar surface area (TPSA) is 70.0 Å². The first-order chi connectivity index (χ1) is 10.1. The Morgan fingerprint density at radius 3 is 2.67 bits per heavy atom. The van der Waals surface area contributed by atoms with Crippen molar-refractivity contribution in [3.8, 4) is 5.75 Å². The Morgan fingerprint density at radius 2 is 2.05 bits per heavy atom. The first kappa shape index (κ1) is 14.2. The Bertz CT molecular complexity index is 537. The second-order valence-electron chi connectivity index (χ2n) is 6.07. The molecule has 21 heavy (non-hydrogen) atoms. The molecule has 0 amide bonds. The highest BCUT2D eigenvalue weighted by atomic mass is 16.5. The van der Waals surface area contributed by atoms with E-state index >= 15 is 0 Å². The van der Waals surface area contributed by atoms with Gasteiger partial charge in [0.05, 0.1) is 11.3 Å². The van der Waals surface area contributed by atoms with E-state index < -0.39 is 5.97 Å². The molecular formula is C16H21NO4. The smallest absolute Gasteiger partial charge is 0.335 e. The molecule has 5 nitrogen and oxygen atoms in total. The van der Waals surface area contributed by atoms with Gasteiger partial charge in [0.2, 0.25) is 0 Å². The number of aliphatic hydroxyl groups excluding tert-OH is 1. The number of hydrogen-bond acceptors (Lipinski definition) is 4. The monoisotopic (exact) mass is 291 g/mol. The number of fused-ring (bicyclic) bond motifs is 1. The number of carboxylic acids is 1. The Hall–Kier alpha value is -1.75. The van der Waals surface area contributed by atoms with E-state index in [9.17, 15) is 9.90 Å². The molecule has 2 N–H and O–H groups in total. The number of carbonyl (C=O) groups is 1. The van der Waals surface area contributed by atoms with Crippen molar-refractivity contribution in [2.45, 2.75) is 31.9 Å². The van der Waals surface area contributed by atoms with Gasteiger partial charge in [0.25, 0.3) is 0 Å². The molecule has 1 unspecified atom stereocenters. The van der Waals surface area contributed by atoms with Crippen molar-refractivity contribution >= 4 is 11.7 Å². The normalized spacial score (nSPS) is 28.1. The highest BCUT2D eigenvalue weighted by Crippen LogP contribution is 2.42. The number of nitrogens with zero attached hydrogens (tertiary/aromatic N) is 1. The third kappa shape index (κ3) is 2.58. The Kier molecular flexibility index (Phi) is 3.76. The summed E-state index contributed by atoms with van der Waals surface area (Å²) in [4.78, 5) is 13.1. The lowest BCUT2D eigenvalue weighted by Crippen LogP contribution is -2.40. The van der Waals surface area contributed by atoms with Gasteiger partial charge < -0.3 is 19.8 Å². The van der Waals surface area contributed by atoms with Gasteiger partial charge in [0, 0.05) is 19.6 Å². The zero-order chi connectivity index (χ0) is 15.0. The summed E-state index contributed by atoms with van der Waals surface area (Å²) in [5.41, 5.74) is 1.14. The first-order valence-corrected chi connectivity index (χ1v) is 7.48. The quantitative estimate of drug-likeness (QED) is 0.894. The number of hydrogen-bond donors (Lipinski definition) is 2. The summed E-state index contributed by atoms with van der Waals surface area (Å²) in [6.45, 7) is 0.274. The minimum absolute atomic E-state index is 0.0244. The van der Waals surface area contributed by atoms with Crippen LogP contribution in [0.3, 0.4) is 0 Å². The molecule has 0 aromatic heterocycles. The van der Waals surface area contributed by atoms with Gasteiger partial charge >= 0.3 is 5.97 Å². The molecule has 1 fully saturated rings. The fraction of sp³-hybridized carbons (Fsp3) is 0.562. The number of carboxylic acid groups (broad SMARTS) is 1. The molecule has 1 aliphatic heterocycles. The van der Waals surface area contributed by atoms with E-state index in [1.165, 1.54) is 0 Å². The third-order valence-corrected chi connectivity index (χ3v) is 4.77. The molecule has 114 valence electrons. The van der Waals surface area contributed by atoms with Gasteiger partial charge in [0.15, 0.2) is 6.23 Å². The predicted molar refractivity (Wildman–Crippen MR) is 78.8 cm³/mol. The van der Waals surface area contributed by atoms with Crippen molar-refractivity contribution in [2.75, 3.05) is 18.6 Å². The van der Waals surface area contributed by atoms with Crippen molar-refractivity contribution in [2.24, 2.45) is 11.8 Å². The van der Waals surface area contributed by atoms with Crippen molar-refractivity contribution in [3.63, 3.8) is 0 Å². The van der Waals surface area contributed by atoms with Crippen LogP contribution in [0, 0.1) is 11.8 Å². The molecule has 1 saturated carbocycles. The van der Waals surface area contributed by atoms with E-state index in [-0.39, 0.29) is 18.4 Å². The highest BCUT2D eigenvalue weighted by molar-refractivity contribution is 5.90. The van der Waals surface area contributed by atoms with Gasteiger partial charge in [-0.2, -0.15) is 0 Å². The molecule has 1 aliphatic carbocycles. The largest absolute Gasteiger partial charge is 0.478 e. The lowest BCUT2D eigenvalue weighted by atomic mass is 9.81. The minimum atomic E-state index is -0.918. The van der Waals surface area contributed by atoms with Gasteiger partial charge in [-0.25, -0.2) is 4.79 Å². The molecule has 0 bridgehead atoms. The van der Waals surface area contributed by atoms with E-state index in [4.69, 9.17) is 9.84 Å². The SMILES string of the molecule is CN1c2cc(C(=O)O)ccc2OC1[C@H]1CC[C@H](CO)CC1. The van der Waals surface area contributed by atoms with Crippen LogP contribution in [0.4, 0.5) is 5.69 Å². The molecular weight excluding hydrogens is 270 g/mol. The number of aromatic carboxylic acids is 1. The van der Waals surface area contributed by atoms with Crippen LogP contribution in [-0.4, -0.2) is 36.1 Å². The summed E-state index contributed by atoms with van der Waals surface area (Å²) < 4.78 is 6.03. The van der Waals surface area contributed by atoms with Crippen molar-refractivity contribution < 1.29 is 19.7 Å². The van der Waals surface area contributed by atoms with Crippen LogP contribution in [0.1, 0.15) is 36.0 Å². The Morgan fingerprint density at radius 1 is 1.33 bits per heavy atom. The van der Waals surface area contributed by atoms with E-state index in [2.05, 4.69) is 0 Å². The summed E-state index contributed by atoms with van der Waals surface area (Å²) in [6, 6.07) is 5.01. The molecule has 1 aromatic rings. The number of aliphatic hydroxyl groups is 1. The zero-order valence-corrected chi connectivity index (χ0v) is 12.2. The maximum absolute atomic E-state index is 11.1. The van der Waals surface area contributed by atoms with Crippen LogP contribution in [-0.2, 0) is 0 Å². The summed E-state index contributed by atoms with van der Waals surface area (Å²) >= 11 is 0. The fourth-order valence-corrected chi connectivity index (χ4v) is 3.44. The molecule has 2 aliphatic rings. The minimum Gasteiger partial charge on any atom is -0.478 e. The lowest BCUT2D eigenvalue weighted by Gasteiger charge is -2.34. The lowest BCUT2D eigenvalue weighted by molar-refractivity contribution is 0.0697. The summed E-state index contributed by atoms with van der Waals surface area (Å²) in [7, 11) is 1.96. The summed E-state index contributed by atoms with van der Waals surface area (Å²) in [6.07, 6.45) is 4.13. The van der Waals surface area contributed by atoms with Gasteiger partial charge in [-0.15, -0.1) is 0 Å². The van der Waals surface area contributed by atoms with Crippen molar-refractivity contribution in [3.05, 3.63) is 23.8 Å². The Labute approximate surface area is 124 Å². The van der Waals surface area contributed by atoms with E-state index in [1.54, 1.807) is 18.2 Å². The third-order valence-electron chi connectivity index (χ3n) is 4.77. The second-order valence-corrected chi connectivity index (χ2v) is 6.07. The van der Waals surface area contributed by atoms with Gasteiger partial charge in [-0.1, -0.05) is 0 Å². The van der Waals surface area contributed by atoms with Crippen LogP contribution < -0.4 is 9.64 Å². The summed E-state index contributed by atoms with van der Waals surface area (Å²) in [5.74, 6) is 0.697. The number of ether oxygens (including phenoxy) is 1. The molecule has 3 rings (SSSR count). The molecule has 5 heteroatoms. The Balaban J connectivity index is 1.75. The maximum Gasteiger partial charge on any atom is 0.335 e. The molecule has 1 aromatic carbocycles. The van der Waals surface area contributed by atoms with Gasteiger partial charge in [-0.3, -0.25) is 0 Å². The first-order valence-electron chi connectivity index (χ1n) is 7.48. The molecule has 0 spiro atoms. The molecule has 0 saturated heterocycles. The van der Waals surface area contributed by atoms with Crippen LogP contribution in [0.2, 0.25) is 0 Å². The number of benzene rings is 1. The van der Waals surface area contributed by atoms with E-state index in [0.29, 0.717) is 11.8 Å². The average Bonchev–Trinajstić information content (AvgIpc) is 2.84. The standard InChI is InChI=1S/C16H21NO4/c1-17-13-8-12(16(19)20)6-7-14(13)21-15(17)11-4-2-10(9-18)3-5-11/h6-8,10-11,15,18H,2-5,9H2,1H3,(H,19,20)/t10-,11-,15?. The second kappa shape index (κ2) is 5.56. The van der Waals surface area contributed by atoms with Crippen LogP contribution in [0.15, 0.2) is 18.2 Å². The maximum atomic E-state index is 11.1. The van der Waals surface area contributed by atoms with Crippen LogP contribution >= 0.6 is 0 Å². The molecule has 0 radical (unpaired) electrons. The highest BCUT2D eigenvalue weighted by Gasteiger charge is 2.37. The molecule has 1 heterocycles. The number of anilines is 1. The zero-order valence-electron chi connectivity index (χ0n) is 12.2. The predicted octanol–water partition coefficient (Wildman–Crippen LogP) is 2.34. The van der Waals surface area contributed by atoms with Crippen molar-refractivity contribution in [1.29, 1.82) is 0 Å². The van der Waals surface area contributed by atoms with Crippen LogP contribution in [0.5, 0.6) is 5.75 Å². The summed E-state index contributed by atoms with van der Waals surface area (Å²) in [5, 5.41) is 18.3. The van der Waals surface area contributed by atoms with E-state index in [1.807, 2.05) is 11.9 Å². The van der Waals surface area contributed by atoms with Gasteiger partial charge in [0.1, 0.15) is 5.75 Å². The van der Waals surface area contributed by atoms with Gasteiger partial charge in [-0.05, 0) is 49.8 Å². The van der Waals surface area contributed by atoms with Crippen LogP contribution in [0.25, 0.3) is 0 Å². The molecule has 1 atom stereocenters. The fourth-order valence-electron chi connectivity index (χ4n) is 3.44. The van der Waals surface area contributed by atoms with E-state index in [0.717, 1.165) is 37.1 Å². The van der Waals surface area contributed by atoms with Crippen molar-refractivity contribution in [1.82, 2.24) is 0 Å². The average molecular weight is 291 g/mol.